The third-order valence-electron chi connectivity index (χ3n) is 3.23. The van der Waals surface area contributed by atoms with Gasteiger partial charge in [-0.3, -0.25) is 14.9 Å². The second-order valence-electron chi connectivity index (χ2n) is 6.51. The van der Waals surface area contributed by atoms with Gasteiger partial charge in [-0.15, -0.1) is 0 Å². The largest absolute Gasteiger partial charge is 0.481 e. The Morgan fingerprint density at radius 3 is 2.71 bits per heavy atom. The third-order valence-corrected chi connectivity index (χ3v) is 3.23. The molecule has 4 N–H and O–H groups in total. The molecule has 1 aromatic rings. The van der Waals surface area contributed by atoms with Gasteiger partial charge in [-0.1, -0.05) is 0 Å². The lowest BCUT2D eigenvalue weighted by atomic mass is 10.1. The van der Waals surface area contributed by atoms with Gasteiger partial charge in [0.05, 0.1) is 6.42 Å². The SMILES string of the molecule is CC(C)(C)OC(=O)Nc1ccc2c(c1)CNC(=O)C(CC(=O)O)N2. The van der Waals surface area contributed by atoms with Crippen LogP contribution in [0.5, 0.6) is 0 Å². The zero-order valence-electron chi connectivity index (χ0n) is 13.8. The van der Waals surface area contributed by atoms with Gasteiger partial charge in [0, 0.05) is 17.9 Å². The molecule has 0 bridgehead atoms. The van der Waals surface area contributed by atoms with Crippen LogP contribution in [0.4, 0.5) is 16.2 Å². The number of carbonyl (C=O) groups is 3. The first-order valence-electron chi connectivity index (χ1n) is 7.53. The number of anilines is 2. The van der Waals surface area contributed by atoms with Crippen molar-refractivity contribution >= 4 is 29.3 Å². The van der Waals surface area contributed by atoms with Crippen LogP contribution in [-0.4, -0.2) is 34.7 Å². The van der Waals surface area contributed by atoms with E-state index in [0.717, 1.165) is 5.56 Å². The van der Waals surface area contributed by atoms with Crippen molar-refractivity contribution in [2.45, 2.75) is 45.4 Å². The van der Waals surface area contributed by atoms with Crippen molar-refractivity contribution in [2.24, 2.45) is 0 Å². The second kappa shape index (κ2) is 6.77. The number of hydrogen-bond donors (Lipinski definition) is 4. The molecule has 1 aliphatic heterocycles. The predicted octanol–water partition coefficient (Wildman–Crippen LogP) is 1.92. The molecule has 0 radical (unpaired) electrons. The molecule has 0 saturated carbocycles. The van der Waals surface area contributed by atoms with E-state index in [0.29, 0.717) is 11.4 Å². The fourth-order valence-corrected chi connectivity index (χ4v) is 2.26. The Labute approximate surface area is 139 Å². The molecule has 1 heterocycles. The molecule has 1 aliphatic rings. The Hall–Kier alpha value is -2.77. The average Bonchev–Trinajstić information content (AvgIpc) is 2.56. The highest BCUT2D eigenvalue weighted by atomic mass is 16.6. The van der Waals surface area contributed by atoms with Gasteiger partial charge in [0.2, 0.25) is 5.91 Å². The number of carbonyl (C=O) groups excluding carboxylic acids is 2. The Morgan fingerprint density at radius 2 is 2.08 bits per heavy atom. The van der Waals surface area contributed by atoms with E-state index >= 15 is 0 Å². The van der Waals surface area contributed by atoms with Crippen LogP contribution in [-0.2, 0) is 20.9 Å². The van der Waals surface area contributed by atoms with Crippen molar-refractivity contribution in [3.8, 4) is 0 Å². The summed E-state index contributed by atoms with van der Waals surface area (Å²) >= 11 is 0. The van der Waals surface area contributed by atoms with Crippen LogP contribution in [0, 0.1) is 0 Å². The van der Waals surface area contributed by atoms with Crippen molar-refractivity contribution in [2.75, 3.05) is 10.6 Å². The number of amides is 2. The molecule has 1 atom stereocenters. The van der Waals surface area contributed by atoms with Crippen molar-refractivity contribution in [3.63, 3.8) is 0 Å². The van der Waals surface area contributed by atoms with Crippen LogP contribution in [0.15, 0.2) is 18.2 Å². The molecule has 0 saturated heterocycles. The van der Waals surface area contributed by atoms with Gasteiger partial charge in [-0.05, 0) is 44.5 Å². The first-order chi connectivity index (χ1) is 11.1. The predicted molar refractivity (Wildman–Crippen MR) is 87.8 cm³/mol. The molecule has 130 valence electrons. The normalized spacial score (nSPS) is 17.0. The molecule has 0 aromatic heterocycles. The van der Waals surface area contributed by atoms with Gasteiger partial charge in [0.1, 0.15) is 11.6 Å². The summed E-state index contributed by atoms with van der Waals surface area (Å²) in [6.07, 6.45) is -0.889. The summed E-state index contributed by atoms with van der Waals surface area (Å²) in [4.78, 5) is 34.6. The minimum atomic E-state index is -1.06. The molecule has 24 heavy (non-hydrogen) atoms. The van der Waals surface area contributed by atoms with Gasteiger partial charge in [-0.25, -0.2) is 4.79 Å². The van der Waals surface area contributed by atoms with Crippen molar-refractivity contribution in [1.29, 1.82) is 0 Å². The van der Waals surface area contributed by atoms with Crippen LogP contribution >= 0.6 is 0 Å². The first kappa shape index (κ1) is 17.6. The number of aliphatic carboxylic acids is 1. The van der Waals surface area contributed by atoms with E-state index in [-0.39, 0.29) is 18.9 Å². The van der Waals surface area contributed by atoms with E-state index in [1.807, 2.05) is 0 Å². The van der Waals surface area contributed by atoms with E-state index in [1.54, 1.807) is 39.0 Å². The molecule has 1 unspecified atom stereocenters. The zero-order valence-corrected chi connectivity index (χ0v) is 13.8. The smallest absolute Gasteiger partial charge is 0.412 e. The number of ether oxygens (including phenoxy) is 1. The zero-order chi connectivity index (χ0) is 17.9. The number of carboxylic acid groups (broad SMARTS) is 1. The third kappa shape index (κ3) is 4.87. The fourth-order valence-electron chi connectivity index (χ4n) is 2.26. The average molecular weight is 335 g/mol. The first-order valence-corrected chi connectivity index (χ1v) is 7.53. The van der Waals surface area contributed by atoms with Gasteiger partial charge in [0.15, 0.2) is 0 Å². The van der Waals surface area contributed by atoms with Gasteiger partial charge in [0.25, 0.3) is 0 Å². The highest BCUT2D eigenvalue weighted by Crippen LogP contribution is 2.24. The van der Waals surface area contributed by atoms with E-state index in [4.69, 9.17) is 9.84 Å². The Kier molecular flexibility index (Phi) is 4.96. The Morgan fingerprint density at radius 1 is 1.38 bits per heavy atom. The summed E-state index contributed by atoms with van der Waals surface area (Å²) < 4.78 is 5.19. The fraction of sp³-hybridized carbons (Fsp3) is 0.438. The molecule has 1 aromatic carbocycles. The Bertz CT molecular complexity index is 666. The van der Waals surface area contributed by atoms with Crippen molar-refractivity contribution in [1.82, 2.24) is 5.32 Å². The number of nitrogens with one attached hydrogen (secondary N) is 3. The number of hydrogen-bond acceptors (Lipinski definition) is 5. The van der Waals surface area contributed by atoms with Crippen LogP contribution in [0.2, 0.25) is 0 Å². The Balaban J connectivity index is 2.13. The van der Waals surface area contributed by atoms with Gasteiger partial charge < -0.3 is 20.5 Å². The summed E-state index contributed by atoms with van der Waals surface area (Å²) in [7, 11) is 0. The quantitative estimate of drug-likeness (QED) is 0.670. The number of carboxylic acids is 1. The molecule has 8 nitrogen and oxygen atoms in total. The molecule has 0 aliphatic carbocycles. The van der Waals surface area contributed by atoms with E-state index < -0.39 is 23.7 Å². The summed E-state index contributed by atoms with van der Waals surface area (Å²) in [5, 5.41) is 17.1. The molecule has 8 heteroatoms. The maximum Gasteiger partial charge on any atom is 0.412 e. The topological polar surface area (TPSA) is 117 Å². The van der Waals surface area contributed by atoms with E-state index in [2.05, 4.69) is 16.0 Å². The lowest BCUT2D eigenvalue weighted by Crippen LogP contribution is -2.38. The van der Waals surface area contributed by atoms with E-state index in [9.17, 15) is 14.4 Å². The number of fused-ring (bicyclic) bond motifs is 1. The number of rotatable bonds is 3. The molecular formula is C16H21N3O5. The lowest BCUT2D eigenvalue weighted by Gasteiger charge is -2.20. The molecule has 2 amide bonds. The van der Waals surface area contributed by atoms with Crippen molar-refractivity contribution in [3.05, 3.63) is 23.8 Å². The van der Waals surface area contributed by atoms with Crippen LogP contribution < -0.4 is 16.0 Å². The van der Waals surface area contributed by atoms with Crippen LogP contribution in [0.3, 0.4) is 0 Å². The van der Waals surface area contributed by atoms with Crippen LogP contribution in [0.1, 0.15) is 32.8 Å². The van der Waals surface area contributed by atoms with Crippen molar-refractivity contribution < 1.29 is 24.2 Å². The van der Waals surface area contributed by atoms with Gasteiger partial charge >= 0.3 is 12.1 Å². The monoisotopic (exact) mass is 335 g/mol. The summed E-state index contributed by atoms with van der Waals surface area (Å²) in [5.41, 5.74) is 1.31. The lowest BCUT2D eigenvalue weighted by molar-refractivity contribution is -0.139. The maximum atomic E-state index is 11.9. The van der Waals surface area contributed by atoms with Crippen LogP contribution in [0.25, 0.3) is 0 Å². The van der Waals surface area contributed by atoms with E-state index in [1.165, 1.54) is 0 Å². The van der Waals surface area contributed by atoms with Gasteiger partial charge in [-0.2, -0.15) is 0 Å². The summed E-state index contributed by atoms with van der Waals surface area (Å²) in [6, 6.07) is 4.21. The summed E-state index contributed by atoms with van der Waals surface area (Å²) in [5.74, 6) is -1.44. The summed E-state index contributed by atoms with van der Waals surface area (Å²) in [6.45, 7) is 5.55. The molecule has 0 spiro atoms. The maximum absolute atomic E-state index is 11.9. The molecular weight excluding hydrogens is 314 g/mol. The second-order valence-corrected chi connectivity index (χ2v) is 6.51. The standard InChI is InChI=1S/C16H21N3O5/c1-16(2,3)24-15(23)18-10-4-5-11-9(6-10)8-17-14(22)12(19-11)7-13(20)21/h4-6,12,19H,7-8H2,1-3H3,(H,17,22)(H,18,23)(H,20,21). The number of benzene rings is 1. The minimum Gasteiger partial charge on any atom is -0.481 e. The molecule has 2 rings (SSSR count). The molecule has 0 fully saturated rings. The minimum absolute atomic E-state index is 0.237. The highest BCUT2D eigenvalue weighted by molar-refractivity contribution is 5.91. The highest BCUT2D eigenvalue weighted by Gasteiger charge is 2.25.